The Morgan fingerprint density at radius 1 is 1.17 bits per heavy atom. The highest BCUT2D eigenvalue weighted by molar-refractivity contribution is 7.99. The lowest BCUT2D eigenvalue weighted by Crippen LogP contribution is -2.58. The van der Waals surface area contributed by atoms with Crippen LogP contribution in [0.25, 0.3) is 0 Å². The molecule has 1 aliphatic rings. The normalized spacial score (nSPS) is 25.1. The second-order valence-electron chi connectivity index (χ2n) is 6.13. The first kappa shape index (κ1) is 17.6. The van der Waals surface area contributed by atoms with Gasteiger partial charge in [-0.15, -0.1) is 0 Å². The van der Waals surface area contributed by atoms with Gasteiger partial charge < -0.3 is 10.2 Å². The Hall–Kier alpha value is -1.17. The zero-order chi connectivity index (χ0) is 17.0. The lowest BCUT2D eigenvalue weighted by molar-refractivity contribution is -0.0114. The molecule has 0 aliphatic carbocycles. The molecule has 2 aromatic rings. The van der Waals surface area contributed by atoms with Gasteiger partial charge >= 0.3 is 0 Å². The molecule has 1 aliphatic heterocycles. The molecule has 3 N–H and O–H groups in total. The molecule has 128 valence electrons. The van der Waals surface area contributed by atoms with Crippen molar-refractivity contribution in [1.82, 2.24) is 5.32 Å². The molecule has 3 rings (SSSR count). The minimum atomic E-state index is -1.16. The number of hydrogen-bond donors (Lipinski definition) is 4. The first-order valence-electron chi connectivity index (χ1n) is 8.08. The first-order valence-corrected chi connectivity index (χ1v) is 9.35. The van der Waals surface area contributed by atoms with E-state index < -0.39 is 11.8 Å². The molecule has 2 atom stereocenters. The zero-order valence-corrected chi connectivity index (χ0v) is 15.0. The zero-order valence-electron chi connectivity index (χ0n) is 13.3. The van der Waals surface area contributed by atoms with Gasteiger partial charge in [-0.05, 0) is 41.1 Å². The second kappa shape index (κ2) is 7.81. The van der Waals surface area contributed by atoms with Crippen LogP contribution in [0, 0.1) is 0 Å². The van der Waals surface area contributed by atoms with Gasteiger partial charge in [0.15, 0.2) is 0 Å². The van der Waals surface area contributed by atoms with Gasteiger partial charge in [0.2, 0.25) is 0 Å². The molecule has 0 spiro atoms. The summed E-state index contributed by atoms with van der Waals surface area (Å²) in [5.41, 5.74) is -0.0152. The highest BCUT2D eigenvalue weighted by atomic mass is 35.5. The van der Waals surface area contributed by atoms with Crippen LogP contribution < -0.4 is 5.32 Å². The van der Waals surface area contributed by atoms with Crippen LogP contribution in [0.15, 0.2) is 59.5 Å². The van der Waals surface area contributed by atoms with Crippen molar-refractivity contribution < 1.29 is 10.2 Å². The van der Waals surface area contributed by atoms with Gasteiger partial charge in [-0.2, -0.15) is 11.4 Å². The molecule has 2 unspecified atom stereocenters. The molecule has 24 heavy (non-hydrogen) atoms. The molecule has 0 amide bonds. The largest absolute Gasteiger partial charge is 0.393 e. The van der Waals surface area contributed by atoms with E-state index in [9.17, 15) is 10.2 Å². The van der Waals surface area contributed by atoms with Crippen LogP contribution in [-0.2, 0) is 6.42 Å². The maximum absolute atomic E-state index is 11.1. The van der Waals surface area contributed by atoms with E-state index in [0.29, 0.717) is 30.8 Å². The lowest BCUT2D eigenvalue weighted by Gasteiger charge is -2.38. The van der Waals surface area contributed by atoms with Crippen molar-refractivity contribution in [2.45, 2.75) is 36.0 Å². The molecular formula is C19H22ClNO2S. The van der Waals surface area contributed by atoms with Gasteiger partial charge in [-0.25, -0.2) is 0 Å². The molecule has 0 aromatic heterocycles. The summed E-state index contributed by atoms with van der Waals surface area (Å²) in [5.74, 6) is 0. The molecule has 2 aromatic carbocycles. The minimum absolute atomic E-state index is 0.315. The fraction of sp³-hybridized carbons (Fsp3) is 0.316. The van der Waals surface area contributed by atoms with E-state index in [4.69, 9.17) is 11.6 Å². The number of piperidine rings is 1. The summed E-state index contributed by atoms with van der Waals surface area (Å²) < 4.78 is 0. The first-order chi connectivity index (χ1) is 11.5. The number of aliphatic hydroxyl groups excluding tert-OH is 1. The van der Waals surface area contributed by atoms with E-state index in [2.05, 4.69) is 17.4 Å². The summed E-state index contributed by atoms with van der Waals surface area (Å²) in [5, 5.41) is 25.1. The van der Waals surface area contributed by atoms with Crippen LogP contribution in [0.3, 0.4) is 0 Å². The highest BCUT2D eigenvalue weighted by Gasteiger charge is 2.36. The molecule has 0 saturated carbocycles. The van der Waals surface area contributed by atoms with E-state index in [0.717, 1.165) is 26.7 Å². The second-order valence-corrected chi connectivity index (χ2v) is 7.85. The van der Waals surface area contributed by atoms with Crippen LogP contribution in [0.1, 0.15) is 18.4 Å². The van der Waals surface area contributed by atoms with Crippen molar-refractivity contribution in [2.75, 3.05) is 6.54 Å². The quantitative estimate of drug-likeness (QED) is 0.499. The van der Waals surface area contributed by atoms with E-state index >= 15 is 0 Å². The van der Waals surface area contributed by atoms with E-state index in [1.165, 1.54) is 0 Å². The van der Waals surface area contributed by atoms with E-state index in [1.54, 1.807) is 0 Å². The number of aliphatic hydroxyl groups is 2. The minimum Gasteiger partial charge on any atom is -0.393 e. The fourth-order valence-corrected chi connectivity index (χ4v) is 4.27. The van der Waals surface area contributed by atoms with Gasteiger partial charge in [0.25, 0.3) is 0 Å². The summed E-state index contributed by atoms with van der Waals surface area (Å²) in [7, 11) is 0. The Bertz CT molecular complexity index is 705. The van der Waals surface area contributed by atoms with Crippen molar-refractivity contribution in [3.63, 3.8) is 0 Å². The van der Waals surface area contributed by atoms with Crippen LogP contribution in [0.2, 0.25) is 5.02 Å². The fourth-order valence-electron chi connectivity index (χ4n) is 2.92. The topological polar surface area (TPSA) is 52.5 Å². The number of thiol groups is 1. The maximum Gasteiger partial charge on any atom is 0.146 e. The maximum atomic E-state index is 11.1. The van der Waals surface area contributed by atoms with Gasteiger partial charge in [-0.3, -0.25) is 5.32 Å². The number of nitrogens with one attached hydrogen (secondary N) is 1. The Morgan fingerprint density at radius 3 is 2.54 bits per heavy atom. The summed E-state index contributed by atoms with van der Waals surface area (Å²) in [6.07, 6.45) is 1.15. The van der Waals surface area contributed by atoms with Crippen molar-refractivity contribution in [1.29, 1.82) is 0 Å². The third-order valence-corrected chi connectivity index (χ3v) is 5.81. The molecule has 1 heterocycles. The molecule has 1 saturated heterocycles. The number of benzene rings is 2. The van der Waals surface area contributed by atoms with Crippen LogP contribution in [-0.4, -0.2) is 33.5 Å². The van der Waals surface area contributed by atoms with Gasteiger partial charge in [0.05, 0.1) is 6.10 Å². The van der Waals surface area contributed by atoms with Crippen LogP contribution in [0.4, 0.5) is 0 Å². The average Bonchev–Trinajstić information content (AvgIpc) is 2.57. The average molecular weight is 364 g/mol. The Kier molecular flexibility index (Phi) is 5.74. The Balaban J connectivity index is 1.95. The van der Waals surface area contributed by atoms with Gasteiger partial charge in [-0.1, -0.05) is 41.9 Å². The van der Waals surface area contributed by atoms with Gasteiger partial charge in [0, 0.05) is 29.3 Å². The van der Waals surface area contributed by atoms with Crippen molar-refractivity contribution >= 4 is 27.8 Å². The molecule has 0 bridgehead atoms. The molecular weight excluding hydrogens is 342 g/mol. The monoisotopic (exact) mass is 363 g/mol. The van der Waals surface area contributed by atoms with Crippen LogP contribution in [0.5, 0.6) is 0 Å². The summed E-state index contributed by atoms with van der Waals surface area (Å²) in [6, 6.07) is 17.7. The van der Waals surface area contributed by atoms with E-state index in [-0.39, 0.29) is 0 Å². The summed E-state index contributed by atoms with van der Waals surface area (Å²) >= 11 is 6.91. The number of hydrogen-bond acceptors (Lipinski definition) is 3. The van der Waals surface area contributed by atoms with Crippen LogP contribution >= 0.6 is 23.0 Å². The smallest absolute Gasteiger partial charge is 0.146 e. The Morgan fingerprint density at radius 2 is 1.88 bits per heavy atom. The predicted octanol–water partition coefficient (Wildman–Crippen LogP) is 3.01. The highest BCUT2D eigenvalue weighted by Crippen LogP contribution is 2.26. The van der Waals surface area contributed by atoms with Crippen molar-refractivity contribution in [3.05, 3.63) is 65.2 Å². The molecule has 0 radical (unpaired) electrons. The number of rotatable bonds is 4. The summed E-state index contributed by atoms with van der Waals surface area (Å²) in [4.78, 5) is 2.01. The molecule has 1 fully saturated rings. The SMILES string of the molecule is OC1CCNC(O)(/C(Cc2ccccc2)=[SH]/c2ccc(Cl)cc2)C1. The standard InChI is InChI=1S/C19H22ClNO2S/c20-15-6-8-17(9-7-15)24-18(12-14-4-2-1-3-5-14)19(23)13-16(22)10-11-21-19/h1-9,16,21-24H,10-13H2. The van der Waals surface area contributed by atoms with Crippen molar-refractivity contribution in [2.24, 2.45) is 0 Å². The molecule has 5 heteroatoms. The van der Waals surface area contributed by atoms with Crippen molar-refractivity contribution in [3.8, 4) is 0 Å². The third-order valence-electron chi connectivity index (χ3n) is 4.21. The lowest BCUT2D eigenvalue weighted by atomic mass is 9.92. The Labute approximate surface area is 151 Å². The molecule has 3 nitrogen and oxygen atoms in total. The number of halogens is 1. The predicted molar refractivity (Wildman–Crippen MR) is 102 cm³/mol. The third kappa shape index (κ3) is 4.47. The van der Waals surface area contributed by atoms with E-state index in [1.807, 2.05) is 42.5 Å². The van der Waals surface area contributed by atoms with Gasteiger partial charge in [0.1, 0.15) is 5.72 Å². The summed E-state index contributed by atoms with van der Waals surface area (Å²) in [6.45, 7) is 0.603.